The number of carbonyl (C=O) groups excluding carboxylic acids is 1. The van der Waals surface area contributed by atoms with Crippen molar-refractivity contribution in [2.75, 3.05) is 0 Å². The number of halogens is 3. The molecule has 1 atom stereocenters. The molecule has 0 heterocycles. The molecule has 1 unspecified atom stereocenters. The van der Waals surface area contributed by atoms with Crippen LogP contribution in [0.1, 0.15) is 22.6 Å². The van der Waals surface area contributed by atoms with Crippen LogP contribution >= 0.6 is 39.1 Å². The van der Waals surface area contributed by atoms with Gasteiger partial charge in [0.05, 0.1) is 10.0 Å². The molecule has 3 rings (SSSR count). The molecule has 0 bridgehead atoms. The molecule has 3 aromatic carbocycles. The highest BCUT2D eigenvalue weighted by atomic mass is 79.9. The first-order valence-electron chi connectivity index (χ1n) is 8.29. The lowest BCUT2D eigenvalue weighted by molar-refractivity contribution is -0.119. The van der Waals surface area contributed by atoms with Crippen molar-refractivity contribution in [2.45, 2.75) is 18.8 Å². The number of hydrogen-bond acceptors (Lipinski definition) is 1. The fraction of sp³-hybridized carbons (Fsp3) is 0.136. The van der Waals surface area contributed by atoms with Crippen molar-refractivity contribution in [3.05, 3.63) is 104 Å². The molecular formula is C22H17BrCl2O. The van der Waals surface area contributed by atoms with Gasteiger partial charge in [-0.1, -0.05) is 87.7 Å². The minimum Gasteiger partial charge on any atom is -0.299 e. The van der Waals surface area contributed by atoms with Crippen molar-refractivity contribution in [3.63, 3.8) is 0 Å². The smallest absolute Gasteiger partial charge is 0.145 e. The van der Waals surface area contributed by atoms with Crippen LogP contribution in [0.25, 0.3) is 0 Å². The Hall–Kier alpha value is -1.61. The van der Waals surface area contributed by atoms with Gasteiger partial charge in [0.1, 0.15) is 5.78 Å². The van der Waals surface area contributed by atoms with Crippen LogP contribution in [0.4, 0.5) is 0 Å². The maximum absolute atomic E-state index is 13.1. The zero-order valence-electron chi connectivity index (χ0n) is 14.0. The summed E-state index contributed by atoms with van der Waals surface area (Å²) in [5, 5.41) is 1.03. The molecule has 0 saturated heterocycles. The van der Waals surface area contributed by atoms with Crippen LogP contribution in [0, 0.1) is 0 Å². The summed E-state index contributed by atoms with van der Waals surface area (Å²) in [4.78, 5) is 13.1. The summed E-state index contributed by atoms with van der Waals surface area (Å²) in [6.07, 6.45) is 0.991. The largest absolute Gasteiger partial charge is 0.299 e. The molecule has 4 heteroatoms. The maximum atomic E-state index is 13.1. The van der Waals surface area contributed by atoms with Gasteiger partial charge in [0.15, 0.2) is 0 Å². The minimum atomic E-state index is -0.225. The molecule has 0 amide bonds. The van der Waals surface area contributed by atoms with E-state index in [9.17, 15) is 4.79 Å². The van der Waals surface area contributed by atoms with Gasteiger partial charge in [-0.3, -0.25) is 4.79 Å². The normalized spacial score (nSPS) is 12.0. The van der Waals surface area contributed by atoms with Gasteiger partial charge in [-0.05, 0) is 47.4 Å². The Morgan fingerprint density at radius 3 is 2.15 bits per heavy atom. The lowest BCUT2D eigenvalue weighted by Gasteiger charge is -2.17. The quantitative estimate of drug-likeness (QED) is 0.401. The molecule has 0 saturated carbocycles. The fourth-order valence-corrected chi connectivity index (χ4v) is 3.52. The number of carbonyl (C=O) groups is 1. The van der Waals surface area contributed by atoms with Gasteiger partial charge < -0.3 is 0 Å². The zero-order chi connectivity index (χ0) is 18.5. The molecule has 0 radical (unpaired) electrons. The molecule has 0 spiro atoms. The first-order chi connectivity index (χ1) is 12.5. The summed E-state index contributed by atoms with van der Waals surface area (Å²) in [6, 6.07) is 23.3. The summed E-state index contributed by atoms with van der Waals surface area (Å²) in [5.41, 5.74) is 3.02. The lowest BCUT2D eigenvalue weighted by atomic mass is 9.86. The van der Waals surface area contributed by atoms with Crippen molar-refractivity contribution in [1.82, 2.24) is 0 Å². The summed E-state index contributed by atoms with van der Waals surface area (Å²) >= 11 is 15.6. The Balaban J connectivity index is 1.86. The number of ketones is 1. The Morgan fingerprint density at radius 1 is 0.846 bits per heavy atom. The summed E-state index contributed by atoms with van der Waals surface area (Å²) in [6.45, 7) is 0. The van der Waals surface area contributed by atoms with E-state index in [-0.39, 0.29) is 11.7 Å². The molecule has 1 nitrogen and oxygen atoms in total. The lowest BCUT2D eigenvalue weighted by Crippen LogP contribution is -2.17. The molecule has 0 aliphatic heterocycles. The van der Waals surface area contributed by atoms with Gasteiger partial charge in [-0.2, -0.15) is 0 Å². The SMILES string of the molecule is O=C(Cc1ccc(Br)cc1)C(Cc1ccc(Cl)c(Cl)c1)c1ccccc1. The van der Waals surface area contributed by atoms with E-state index < -0.39 is 0 Å². The third-order valence-electron chi connectivity index (χ3n) is 4.31. The monoisotopic (exact) mass is 446 g/mol. The molecule has 0 aliphatic carbocycles. The van der Waals surface area contributed by atoms with Crippen molar-refractivity contribution in [3.8, 4) is 0 Å². The van der Waals surface area contributed by atoms with Gasteiger partial charge in [0, 0.05) is 16.8 Å². The molecule has 3 aromatic rings. The minimum absolute atomic E-state index is 0.185. The summed E-state index contributed by atoms with van der Waals surface area (Å²) in [5.74, 6) is -0.0401. The highest BCUT2D eigenvalue weighted by Crippen LogP contribution is 2.28. The molecule has 0 aliphatic rings. The van der Waals surface area contributed by atoms with Gasteiger partial charge in [-0.15, -0.1) is 0 Å². The first-order valence-corrected chi connectivity index (χ1v) is 9.84. The van der Waals surface area contributed by atoms with Gasteiger partial charge in [-0.25, -0.2) is 0 Å². The molecule has 132 valence electrons. The summed E-state index contributed by atoms with van der Waals surface area (Å²) < 4.78 is 1.00. The number of benzene rings is 3. The van der Waals surface area contributed by atoms with E-state index in [0.29, 0.717) is 22.9 Å². The standard InChI is InChI=1S/C22H17BrCl2O/c23-18-9-6-15(7-10-18)14-22(26)19(17-4-2-1-3-5-17)12-16-8-11-20(24)21(25)13-16/h1-11,13,19H,12,14H2. The van der Waals surface area contributed by atoms with Gasteiger partial charge in [0.25, 0.3) is 0 Å². The predicted molar refractivity (Wildman–Crippen MR) is 112 cm³/mol. The molecule has 0 fully saturated rings. The average molecular weight is 448 g/mol. The number of hydrogen-bond donors (Lipinski definition) is 0. The second kappa shape index (κ2) is 8.85. The molecule has 26 heavy (non-hydrogen) atoms. The van der Waals surface area contributed by atoms with E-state index >= 15 is 0 Å². The van der Waals surface area contributed by atoms with Gasteiger partial charge >= 0.3 is 0 Å². The Labute approximate surface area is 172 Å². The van der Waals surface area contributed by atoms with Crippen LogP contribution in [0.2, 0.25) is 10.0 Å². The van der Waals surface area contributed by atoms with Crippen LogP contribution in [0.15, 0.2) is 77.3 Å². The Kier molecular flexibility index (Phi) is 6.53. The Morgan fingerprint density at radius 2 is 1.50 bits per heavy atom. The molecular weight excluding hydrogens is 431 g/mol. The molecule has 0 aromatic heterocycles. The van der Waals surface area contributed by atoms with Crippen molar-refractivity contribution in [1.29, 1.82) is 0 Å². The van der Waals surface area contributed by atoms with E-state index in [1.54, 1.807) is 6.07 Å². The van der Waals surface area contributed by atoms with Gasteiger partial charge in [0.2, 0.25) is 0 Å². The number of Topliss-reactive ketones (excluding diaryl/α,β-unsaturated/α-hetero) is 1. The van der Waals surface area contributed by atoms with Crippen LogP contribution in [0.5, 0.6) is 0 Å². The van der Waals surface area contributed by atoms with E-state index in [0.717, 1.165) is 21.2 Å². The summed E-state index contributed by atoms with van der Waals surface area (Å²) in [7, 11) is 0. The van der Waals surface area contributed by atoms with Crippen LogP contribution in [0.3, 0.4) is 0 Å². The highest BCUT2D eigenvalue weighted by Gasteiger charge is 2.21. The van der Waals surface area contributed by atoms with Crippen molar-refractivity contribution < 1.29 is 4.79 Å². The third-order valence-corrected chi connectivity index (χ3v) is 5.57. The first kappa shape index (κ1) is 19.2. The van der Waals surface area contributed by atoms with E-state index in [4.69, 9.17) is 23.2 Å². The third kappa shape index (κ3) is 4.97. The van der Waals surface area contributed by atoms with E-state index in [1.165, 1.54) is 0 Å². The van der Waals surface area contributed by atoms with Crippen molar-refractivity contribution >= 4 is 44.9 Å². The number of rotatable bonds is 6. The van der Waals surface area contributed by atoms with Crippen LogP contribution < -0.4 is 0 Å². The van der Waals surface area contributed by atoms with Crippen LogP contribution in [-0.4, -0.2) is 5.78 Å². The Bertz CT molecular complexity index is 892. The second-order valence-electron chi connectivity index (χ2n) is 6.19. The molecule has 0 N–H and O–H groups in total. The van der Waals surface area contributed by atoms with E-state index in [1.807, 2.05) is 66.7 Å². The zero-order valence-corrected chi connectivity index (χ0v) is 17.1. The highest BCUT2D eigenvalue weighted by molar-refractivity contribution is 9.10. The second-order valence-corrected chi connectivity index (χ2v) is 7.92. The predicted octanol–water partition coefficient (Wildman–Crippen LogP) is 6.89. The van der Waals surface area contributed by atoms with Crippen LogP contribution in [-0.2, 0) is 17.6 Å². The van der Waals surface area contributed by atoms with Crippen molar-refractivity contribution in [2.24, 2.45) is 0 Å². The fourth-order valence-electron chi connectivity index (χ4n) is 2.93. The maximum Gasteiger partial charge on any atom is 0.145 e. The topological polar surface area (TPSA) is 17.1 Å². The van der Waals surface area contributed by atoms with E-state index in [2.05, 4.69) is 15.9 Å². The average Bonchev–Trinajstić information content (AvgIpc) is 2.65.